The van der Waals surface area contributed by atoms with Gasteiger partial charge < -0.3 is 9.84 Å². The summed E-state index contributed by atoms with van der Waals surface area (Å²) in [5, 5.41) is 10.7. The molecule has 0 saturated carbocycles. The summed E-state index contributed by atoms with van der Waals surface area (Å²) in [4.78, 5) is 4.98. The van der Waals surface area contributed by atoms with Gasteiger partial charge in [0.05, 0.1) is 18.1 Å². The molecule has 0 aromatic carbocycles. The smallest absolute Gasteiger partial charge is 0.273 e. The number of hydrogen-bond donors (Lipinski definition) is 1. The van der Waals surface area contributed by atoms with Gasteiger partial charge in [-0.2, -0.15) is 11.8 Å². The summed E-state index contributed by atoms with van der Waals surface area (Å²) in [6, 6.07) is 0. The summed E-state index contributed by atoms with van der Waals surface area (Å²) in [5.74, 6) is 2.61. The van der Waals surface area contributed by atoms with Crippen LogP contribution in [-0.4, -0.2) is 28.7 Å². The lowest BCUT2D eigenvalue weighted by Crippen LogP contribution is -2.10. The monoisotopic (exact) mass is 231 g/mol. The molecule has 0 bridgehead atoms. The van der Waals surface area contributed by atoms with Gasteiger partial charge in [0, 0.05) is 6.20 Å². The first-order valence-electron chi connectivity index (χ1n) is 4.57. The molecule has 1 saturated heterocycles. The van der Waals surface area contributed by atoms with E-state index in [2.05, 4.69) is 4.98 Å². The van der Waals surface area contributed by atoms with E-state index >= 15 is 0 Å². The molecule has 1 N–H and O–H groups in total. The van der Waals surface area contributed by atoms with Crippen LogP contribution in [0.2, 0.25) is 0 Å². The molecule has 2 heterocycles. The molecule has 5 heteroatoms. The van der Waals surface area contributed by atoms with E-state index in [-0.39, 0.29) is 6.10 Å². The molecular weight excluding hydrogens is 218 g/mol. The van der Waals surface area contributed by atoms with Gasteiger partial charge in [-0.15, -0.1) is 0 Å². The minimum Gasteiger partial charge on any atom is -0.473 e. The first-order valence-corrected chi connectivity index (χ1v) is 6.54. The van der Waals surface area contributed by atoms with Crippen molar-refractivity contribution in [2.45, 2.75) is 12.5 Å². The standard InChI is InChI=1S/C9H13NO2S2/c1-12-9-10-4-7(14-9)8(11)6-2-3-13-5-6/h4,6,8,11H,2-3,5H2,1H3. The van der Waals surface area contributed by atoms with Crippen LogP contribution >= 0.6 is 23.1 Å². The van der Waals surface area contributed by atoms with Crippen LogP contribution in [-0.2, 0) is 0 Å². The molecule has 2 unspecified atom stereocenters. The maximum atomic E-state index is 10.0. The van der Waals surface area contributed by atoms with Crippen LogP contribution in [0.15, 0.2) is 6.20 Å². The van der Waals surface area contributed by atoms with Crippen LogP contribution in [0.25, 0.3) is 0 Å². The largest absolute Gasteiger partial charge is 0.473 e. The molecule has 0 aliphatic carbocycles. The Kier molecular flexibility index (Phi) is 3.30. The third kappa shape index (κ3) is 2.04. The lowest BCUT2D eigenvalue weighted by atomic mass is 10.0. The van der Waals surface area contributed by atoms with E-state index in [9.17, 15) is 5.11 Å². The Labute approximate surface area is 91.5 Å². The molecule has 2 rings (SSSR count). The van der Waals surface area contributed by atoms with Crippen molar-refractivity contribution in [1.82, 2.24) is 4.98 Å². The zero-order valence-corrected chi connectivity index (χ0v) is 9.61. The van der Waals surface area contributed by atoms with Crippen molar-refractivity contribution in [2.75, 3.05) is 18.6 Å². The van der Waals surface area contributed by atoms with E-state index < -0.39 is 0 Å². The Balaban J connectivity index is 2.05. The zero-order chi connectivity index (χ0) is 9.97. The van der Waals surface area contributed by atoms with Crippen molar-refractivity contribution < 1.29 is 9.84 Å². The Morgan fingerprint density at radius 1 is 1.71 bits per heavy atom. The number of methoxy groups -OCH3 is 1. The number of thiazole rings is 1. The number of ether oxygens (including phenoxy) is 1. The van der Waals surface area contributed by atoms with Gasteiger partial charge in [0.2, 0.25) is 0 Å². The van der Waals surface area contributed by atoms with Gasteiger partial charge in [0.1, 0.15) is 0 Å². The zero-order valence-electron chi connectivity index (χ0n) is 7.97. The maximum absolute atomic E-state index is 10.0. The Bertz CT molecular complexity index is 297. The minimum absolute atomic E-state index is 0.355. The number of thioether (sulfide) groups is 1. The van der Waals surface area contributed by atoms with Crippen molar-refractivity contribution in [3.8, 4) is 5.19 Å². The molecule has 3 nitrogen and oxygen atoms in total. The molecule has 1 aliphatic heterocycles. The highest BCUT2D eigenvalue weighted by molar-refractivity contribution is 7.99. The molecule has 2 atom stereocenters. The molecule has 1 aromatic rings. The topological polar surface area (TPSA) is 42.4 Å². The fourth-order valence-electron chi connectivity index (χ4n) is 1.54. The van der Waals surface area contributed by atoms with Gasteiger partial charge in [-0.05, 0) is 23.8 Å². The average molecular weight is 231 g/mol. The van der Waals surface area contributed by atoms with E-state index in [0.717, 1.165) is 22.8 Å². The van der Waals surface area contributed by atoms with Crippen LogP contribution < -0.4 is 4.74 Å². The van der Waals surface area contributed by atoms with Gasteiger partial charge in [-0.1, -0.05) is 11.3 Å². The van der Waals surface area contributed by atoms with E-state index in [1.165, 1.54) is 11.3 Å². The predicted octanol–water partition coefficient (Wildman–Crippen LogP) is 1.94. The van der Waals surface area contributed by atoms with E-state index in [4.69, 9.17) is 4.74 Å². The van der Waals surface area contributed by atoms with Gasteiger partial charge in [0.25, 0.3) is 5.19 Å². The van der Waals surface area contributed by atoms with Crippen molar-refractivity contribution in [2.24, 2.45) is 5.92 Å². The third-order valence-electron chi connectivity index (χ3n) is 2.38. The Hall–Kier alpha value is -0.260. The minimum atomic E-state index is -0.355. The predicted molar refractivity (Wildman–Crippen MR) is 59.1 cm³/mol. The van der Waals surface area contributed by atoms with E-state index in [1.807, 2.05) is 11.8 Å². The van der Waals surface area contributed by atoms with Gasteiger partial charge in [-0.25, -0.2) is 4.98 Å². The van der Waals surface area contributed by atoms with Gasteiger partial charge in [-0.3, -0.25) is 0 Å². The number of nitrogens with zero attached hydrogens (tertiary/aromatic N) is 1. The number of hydrogen-bond acceptors (Lipinski definition) is 5. The molecule has 1 fully saturated rings. The van der Waals surface area contributed by atoms with Gasteiger partial charge >= 0.3 is 0 Å². The molecule has 78 valence electrons. The SMILES string of the molecule is COc1ncc(C(O)C2CCSC2)s1. The first-order chi connectivity index (χ1) is 6.81. The Morgan fingerprint density at radius 3 is 3.14 bits per heavy atom. The fourth-order valence-corrected chi connectivity index (χ4v) is 3.63. The van der Waals surface area contributed by atoms with Crippen molar-refractivity contribution in [3.63, 3.8) is 0 Å². The highest BCUT2D eigenvalue weighted by Gasteiger charge is 2.26. The van der Waals surface area contributed by atoms with Crippen LogP contribution in [0, 0.1) is 5.92 Å². The number of aliphatic hydroxyl groups excluding tert-OH is 1. The quantitative estimate of drug-likeness (QED) is 0.863. The summed E-state index contributed by atoms with van der Waals surface area (Å²) < 4.78 is 5.00. The third-order valence-corrected chi connectivity index (χ3v) is 4.60. The maximum Gasteiger partial charge on any atom is 0.273 e. The number of aromatic nitrogens is 1. The molecule has 14 heavy (non-hydrogen) atoms. The van der Waals surface area contributed by atoms with Crippen LogP contribution in [0.1, 0.15) is 17.4 Å². The highest BCUT2D eigenvalue weighted by atomic mass is 32.2. The summed E-state index contributed by atoms with van der Waals surface area (Å²) >= 11 is 3.35. The second-order valence-corrected chi connectivity index (χ2v) is 5.48. The first kappa shape index (κ1) is 10.3. The lowest BCUT2D eigenvalue weighted by Gasteiger charge is -2.14. The molecule has 0 radical (unpaired) electrons. The highest BCUT2D eigenvalue weighted by Crippen LogP contribution is 2.37. The lowest BCUT2D eigenvalue weighted by molar-refractivity contribution is 0.124. The van der Waals surface area contributed by atoms with Crippen LogP contribution in [0.3, 0.4) is 0 Å². The molecule has 1 aromatic heterocycles. The summed E-state index contributed by atoms with van der Waals surface area (Å²) in [7, 11) is 1.60. The second-order valence-electron chi connectivity index (χ2n) is 3.30. The average Bonchev–Trinajstić information content (AvgIpc) is 2.88. The molecular formula is C9H13NO2S2. The summed E-state index contributed by atoms with van der Waals surface area (Å²) in [6.45, 7) is 0. The second kappa shape index (κ2) is 4.51. The van der Waals surface area contributed by atoms with Crippen molar-refractivity contribution in [3.05, 3.63) is 11.1 Å². The molecule has 0 spiro atoms. The Morgan fingerprint density at radius 2 is 2.57 bits per heavy atom. The normalized spacial score (nSPS) is 23.7. The molecule has 0 amide bonds. The van der Waals surface area contributed by atoms with E-state index in [0.29, 0.717) is 11.1 Å². The van der Waals surface area contributed by atoms with Gasteiger partial charge in [0.15, 0.2) is 0 Å². The number of aliphatic hydroxyl groups is 1. The van der Waals surface area contributed by atoms with E-state index in [1.54, 1.807) is 13.3 Å². The van der Waals surface area contributed by atoms with Crippen molar-refractivity contribution >= 4 is 23.1 Å². The fraction of sp³-hybridized carbons (Fsp3) is 0.667. The summed E-state index contributed by atoms with van der Waals surface area (Å²) in [6.07, 6.45) is 2.47. The molecule has 1 aliphatic rings. The summed E-state index contributed by atoms with van der Waals surface area (Å²) in [5.41, 5.74) is 0. The van der Waals surface area contributed by atoms with Crippen LogP contribution in [0.4, 0.5) is 0 Å². The van der Waals surface area contributed by atoms with Crippen molar-refractivity contribution in [1.29, 1.82) is 0 Å². The van der Waals surface area contributed by atoms with Crippen LogP contribution in [0.5, 0.6) is 5.19 Å². The number of rotatable bonds is 3.